The van der Waals surface area contributed by atoms with Gasteiger partial charge in [0.25, 0.3) is 0 Å². The van der Waals surface area contributed by atoms with Gasteiger partial charge in [-0.3, -0.25) is 0 Å². The molecule has 0 aromatic heterocycles. The molecule has 0 fully saturated rings. The van der Waals surface area contributed by atoms with Crippen molar-refractivity contribution in [3.63, 3.8) is 0 Å². The summed E-state index contributed by atoms with van der Waals surface area (Å²) in [5, 5.41) is 11.6. The number of unbranched alkanes of at least 4 members (excludes halogenated alkanes) is 6. The summed E-state index contributed by atoms with van der Waals surface area (Å²) in [5.74, 6) is 0. The van der Waals surface area contributed by atoms with Crippen LogP contribution in [0.3, 0.4) is 0 Å². The molecule has 0 bridgehead atoms. The van der Waals surface area contributed by atoms with Gasteiger partial charge in [0.05, 0.1) is 0 Å². The van der Waals surface area contributed by atoms with Crippen molar-refractivity contribution in [1.82, 2.24) is 5.32 Å². The van der Waals surface area contributed by atoms with Crippen molar-refractivity contribution in [2.75, 3.05) is 13.2 Å². The van der Waals surface area contributed by atoms with Crippen molar-refractivity contribution in [2.24, 2.45) is 0 Å². The van der Waals surface area contributed by atoms with Crippen LogP contribution in [-0.2, 0) is 0 Å². The lowest BCUT2D eigenvalue weighted by Crippen LogP contribution is -2.17. The van der Waals surface area contributed by atoms with Crippen LogP contribution in [0.5, 0.6) is 0 Å². The molecule has 0 amide bonds. The maximum Gasteiger partial charge on any atom is 0.130 e. The molecule has 0 radical (unpaired) electrons. The molecule has 0 unspecified atom stereocenters. The fourth-order valence-electron chi connectivity index (χ4n) is 1.32. The molecule has 84 valence electrons. The Hall–Kier alpha value is 0.200. The van der Waals surface area contributed by atoms with Crippen LogP contribution in [-0.4, -0.2) is 22.6 Å². The first kappa shape index (κ1) is 14.2. The highest BCUT2D eigenvalue weighted by Crippen LogP contribution is 2.06. The maximum atomic E-state index is 8.56. The van der Waals surface area contributed by atoms with Gasteiger partial charge in [0.15, 0.2) is 0 Å². The predicted octanol–water partition coefficient (Wildman–Crippen LogP) is 2.51. The lowest BCUT2D eigenvalue weighted by Gasteiger charge is -2.03. The fourth-order valence-corrected chi connectivity index (χ4v) is 1.53. The third-order valence-corrected chi connectivity index (χ3v) is 2.41. The molecule has 0 aromatic rings. The Balaban J connectivity index is 2.88. The topological polar surface area (TPSA) is 32.3 Å². The third kappa shape index (κ3) is 12.2. The summed E-state index contributed by atoms with van der Waals surface area (Å²) in [5.41, 5.74) is 0. The van der Waals surface area contributed by atoms with E-state index in [1.54, 1.807) is 0 Å². The number of thiocarbonyl (C=S) groups is 1. The summed E-state index contributed by atoms with van der Waals surface area (Å²) in [6, 6.07) is 0. The normalized spacial score (nSPS) is 10.1. The monoisotopic (exact) mass is 235 g/mol. The Morgan fingerprint density at radius 1 is 1.00 bits per heavy atom. The summed E-state index contributed by atoms with van der Waals surface area (Å²) in [7, 11) is 0. The first-order valence-electron chi connectivity index (χ1n) is 5.35. The van der Waals surface area contributed by atoms with Crippen LogP contribution in [0, 0.1) is 0 Å². The van der Waals surface area contributed by atoms with Gasteiger partial charge in [-0.05, 0) is 12.8 Å². The molecule has 0 atom stereocenters. The van der Waals surface area contributed by atoms with Gasteiger partial charge in [0.2, 0.25) is 0 Å². The molecule has 0 heterocycles. The SMILES string of the molecule is OCCCCCCCCCNC(=S)S. The Labute approximate surface area is 97.9 Å². The number of hydrogen-bond donors (Lipinski definition) is 3. The van der Waals surface area contributed by atoms with E-state index in [0.717, 1.165) is 19.4 Å². The second-order valence-corrected chi connectivity index (χ2v) is 4.59. The average molecular weight is 235 g/mol. The number of aliphatic hydroxyl groups excluding tert-OH is 1. The molecule has 0 spiro atoms. The zero-order valence-electron chi connectivity index (χ0n) is 8.67. The van der Waals surface area contributed by atoms with E-state index in [-0.39, 0.29) is 0 Å². The van der Waals surface area contributed by atoms with E-state index in [2.05, 4.69) is 17.9 Å². The van der Waals surface area contributed by atoms with Gasteiger partial charge in [-0.1, -0.05) is 44.3 Å². The van der Waals surface area contributed by atoms with E-state index >= 15 is 0 Å². The highest BCUT2D eigenvalue weighted by molar-refractivity contribution is 8.11. The van der Waals surface area contributed by atoms with Gasteiger partial charge in [-0.2, -0.15) is 0 Å². The van der Waals surface area contributed by atoms with Crippen molar-refractivity contribution in [3.8, 4) is 0 Å². The van der Waals surface area contributed by atoms with E-state index in [9.17, 15) is 0 Å². The number of rotatable bonds is 9. The van der Waals surface area contributed by atoms with Crippen molar-refractivity contribution < 1.29 is 5.11 Å². The Bertz CT molecular complexity index is 142. The second-order valence-electron chi connectivity index (χ2n) is 3.43. The van der Waals surface area contributed by atoms with Gasteiger partial charge in [-0.25, -0.2) is 0 Å². The van der Waals surface area contributed by atoms with Crippen molar-refractivity contribution >= 4 is 29.2 Å². The lowest BCUT2D eigenvalue weighted by molar-refractivity contribution is 0.282. The fraction of sp³-hybridized carbons (Fsp3) is 0.900. The molecule has 2 nitrogen and oxygen atoms in total. The highest BCUT2D eigenvalue weighted by Gasteiger charge is 1.91. The van der Waals surface area contributed by atoms with Crippen LogP contribution < -0.4 is 5.32 Å². The molecule has 0 saturated carbocycles. The lowest BCUT2D eigenvalue weighted by atomic mass is 10.1. The van der Waals surface area contributed by atoms with Crippen LogP contribution in [0.1, 0.15) is 44.9 Å². The minimum atomic E-state index is 0.337. The number of aliphatic hydroxyl groups is 1. The van der Waals surface area contributed by atoms with Crippen LogP contribution >= 0.6 is 24.8 Å². The van der Waals surface area contributed by atoms with Gasteiger partial charge in [0, 0.05) is 13.2 Å². The zero-order valence-corrected chi connectivity index (χ0v) is 10.4. The molecule has 2 N–H and O–H groups in total. The van der Waals surface area contributed by atoms with E-state index in [1.165, 1.54) is 32.1 Å². The summed E-state index contributed by atoms with van der Waals surface area (Å²) in [4.78, 5) is 0. The number of hydrogen-bond acceptors (Lipinski definition) is 2. The van der Waals surface area contributed by atoms with Gasteiger partial charge >= 0.3 is 0 Å². The maximum absolute atomic E-state index is 8.56. The average Bonchev–Trinajstić information content (AvgIpc) is 2.15. The zero-order chi connectivity index (χ0) is 10.6. The van der Waals surface area contributed by atoms with Crippen LogP contribution in [0.2, 0.25) is 0 Å². The Morgan fingerprint density at radius 3 is 2.00 bits per heavy atom. The number of thiol groups is 1. The summed E-state index contributed by atoms with van der Waals surface area (Å²) < 4.78 is 0.591. The third-order valence-electron chi connectivity index (χ3n) is 2.11. The van der Waals surface area contributed by atoms with Crippen LogP contribution in [0.4, 0.5) is 0 Å². The first-order valence-corrected chi connectivity index (χ1v) is 6.20. The molecule has 0 rings (SSSR count). The highest BCUT2D eigenvalue weighted by atomic mass is 32.1. The molecule has 14 heavy (non-hydrogen) atoms. The van der Waals surface area contributed by atoms with Crippen molar-refractivity contribution in [3.05, 3.63) is 0 Å². The van der Waals surface area contributed by atoms with E-state index in [1.807, 2.05) is 0 Å². The molecule has 0 aliphatic rings. The molecule has 0 aliphatic heterocycles. The Morgan fingerprint density at radius 2 is 1.50 bits per heavy atom. The molecule has 0 aliphatic carbocycles. The largest absolute Gasteiger partial charge is 0.396 e. The number of nitrogens with one attached hydrogen (secondary N) is 1. The Kier molecular flexibility index (Phi) is 11.4. The van der Waals surface area contributed by atoms with E-state index in [0.29, 0.717) is 10.9 Å². The van der Waals surface area contributed by atoms with Gasteiger partial charge < -0.3 is 10.4 Å². The first-order chi connectivity index (χ1) is 6.77. The standard InChI is InChI=1S/C10H21NOS2/c12-9-7-5-3-1-2-4-6-8-11-10(13)14/h12H,1-9H2,(H2,11,13,14). The van der Waals surface area contributed by atoms with E-state index < -0.39 is 0 Å². The smallest absolute Gasteiger partial charge is 0.130 e. The molecule has 4 heteroatoms. The van der Waals surface area contributed by atoms with Crippen molar-refractivity contribution in [2.45, 2.75) is 44.9 Å². The molecular weight excluding hydrogens is 214 g/mol. The van der Waals surface area contributed by atoms with Crippen molar-refractivity contribution in [1.29, 1.82) is 0 Å². The minimum absolute atomic E-state index is 0.337. The summed E-state index contributed by atoms with van der Waals surface area (Å²) >= 11 is 8.75. The molecule has 0 aromatic carbocycles. The summed E-state index contributed by atoms with van der Waals surface area (Å²) in [6.07, 6.45) is 8.35. The molecular formula is C10H21NOS2. The quantitative estimate of drug-likeness (QED) is 0.326. The molecule has 0 saturated heterocycles. The van der Waals surface area contributed by atoms with Gasteiger partial charge in [0.1, 0.15) is 4.32 Å². The van der Waals surface area contributed by atoms with Gasteiger partial charge in [-0.15, -0.1) is 12.6 Å². The minimum Gasteiger partial charge on any atom is -0.396 e. The van der Waals surface area contributed by atoms with Crippen LogP contribution in [0.15, 0.2) is 0 Å². The second kappa shape index (κ2) is 11.3. The summed E-state index contributed by atoms with van der Waals surface area (Å²) in [6.45, 7) is 1.28. The van der Waals surface area contributed by atoms with Crippen LogP contribution in [0.25, 0.3) is 0 Å². The predicted molar refractivity (Wildman–Crippen MR) is 69.0 cm³/mol. The van der Waals surface area contributed by atoms with E-state index in [4.69, 9.17) is 17.3 Å².